The molecule has 1 aromatic carbocycles. The first-order valence-electron chi connectivity index (χ1n) is 5.49. The zero-order valence-corrected chi connectivity index (χ0v) is 10.1. The molecule has 0 saturated carbocycles. The minimum absolute atomic E-state index is 0.521. The predicted octanol–water partition coefficient (Wildman–Crippen LogP) is 1.07. The van der Waals surface area contributed by atoms with Gasteiger partial charge < -0.3 is 5.73 Å². The van der Waals surface area contributed by atoms with E-state index in [-0.39, 0.29) is 0 Å². The van der Waals surface area contributed by atoms with Gasteiger partial charge in [-0.15, -0.1) is 10.2 Å². The molecule has 0 saturated heterocycles. The summed E-state index contributed by atoms with van der Waals surface area (Å²) in [6.07, 6.45) is 1.65. The standard InChI is InChI=1S/C11H14ClN5/c12-10-4-1-9(2-5-10)3-6-11-14-16-17(15-11)8-7-13/h1-2,4-5H,3,6-8,13H2. The number of nitrogens with two attached hydrogens (primary N) is 1. The molecule has 1 heterocycles. The highest BCUT2D eigenvalue weighted by atomic mass is 35.5. The van der Waals surface area contributed by atoms with Crippen molar-refractivity contribution < 1.29 is 0 Å². The molecule has 0 atom stereocenters. The van der Waals surface area contributed by atoms with Crippen molar-refractivity contribution in [2.24, 2.45) is 5.73 Å². The first kappa shape index (κ1) is 12.0. The molecule has 0 aliphatic carbocycles. The molecule has 1 aromatic heterocycles. The number of rotatable bonds is 5. The van der Waals surface area contributed by atoms with E-state index < -0.39 is 0 Å². The molecule has 90 valence electrons. The van der Waals surface area contributed by atoms with Gasteiger partial charge in [0.05, 0.1) is 6.54 Å². The van der Waals surface area contributed by atoms with Crippen LogP contribution in [0.15, 0.2) is 24.3 Å². The molecule has 6 heteroatoms. The minimum atomic E-state index is 0.521. The summed E-state index contributed by atoms with van der Waals surface area (Å²) >= 11 is 5.82. The number of benzene rings is 1. The lowest BCUT2D eigenvalue weighted by Crippen LogP contribution is -2.12. The van der Waals surface area contributed by atoms with E-state index in [0.29, 0.717) is 13.1 Å². The van der Waals surface area contributed by atoms with Gasteiger partial charge in [-0.1, -0.05) is 23.7 Å². The monoisotopic (exact) mass is 251 g/mol. The van der Waals surface area contributed by atoms with Gasteiger partial charge in [0, 0.05) is 18.0 Å². The molecule has 2 rings (SSSR count). The average Bonchev–Trinajstić information content (AvgIpc) is 2.77. The maximum Gasteiger partial charge on any atom is 0.175 e. The van der Waals surface area contributed by atoms with Crippen molar-refractivity contribution in [2.45, 2.75) is 19.4 Å². The molecule has 0 unspecified atom stereocenters. The van der Waals surface area contributed by atoms with Gasteiger partial charge in [0.15, 0.2) is 5.82 Å². The molecule has 5 nitrogen and oxygen atoms in total. The highest BCUT2D eigenvalue weighted by Crippen LogP contribution is 2.10. The van der Waals surface area contributed by atoms with Gasteiger partial charge in [-0.25, -0.2) is 0 Å². The van der Waals surface area contributed by atoms with E-state index in [1.165, 1.54) is 10.4 Å². The van der Waals surface area contributed by atoms with Crippen LogP contribution in [0.2, 0.25) is 5.02 Å². The van der Waals surface area contributed by atoms with E-state index >= 15 is 0 Å². The maximum absolute atomic E-state index is 5.82. The molecule has 0 bridgehead atoms. The molecule has 0 spiro atoms. The lowest BCUT2D eigenvalue weighted by Gasteiger charge is -1.98. The van der Waals surface area contributed by atoms with Crippen molar-refractivity contribution in [1.29, 1.82) is 0 Å². The van der Waals surface area contributed by atoms with Crippen LogP contribution < -0.4 is 5.73 Å². The Balaban J connectivity index is 1.90. The minimum Gasteiger partial charge on any atom is -0.329 e. The van der Waals surface area contributed by atoms with Gasteiger partial charge in [-0.05, 0) is 29.3 Å². The Hall–Kier alpha value is -1.46. The van der Waals surface area contributed by atoms with Crippen molar-refractivity contribution in [1.82, 2.24) is 20.2 Å². The van der Waals surface area contributed by atoms with Crippen molar-refractivity contribution in [3.8, 4) is 0 Å². The average molecular weight is 252 g/mol. The third kappa shape index (κ3) is 3.51. The van der Waals surface area contributed by atoms with E-state index in [4.69, 9.17) is 17.3 Å². The summed E-state index contributed by atoms with van der Waals surface area (Å²) in [5.41, 5.74) is 6.62. The Morgan fingerprint density at radius 3 is 2.65 bits per heavy atom. The van der Waals surface area contributed by atoms with E-state index in [1.54, 1.807) is 0 Å². The number of aromatic nitrogens is 4. The van der Waals surface area contributed by atoms with Gasteiger partial charge in [0.2, 0.25) is 0 Å². The fourth-order valence-corrected chi connectivity index (χ4v) is 1.62. The zero-order chi connectivity index (χ0) is 12.1. The summed E-state index contributed by atoms with van der Waals surface area (Å²) in [7, 11) is 0. The third-order valence-corrected chi connectivity index (χ3v) is 2.63. The molecule has 17 heavy (non-hydrogen) atoms. The van der Waals surface area contributed by atoms with E-state index in [2.05, 4.69) is 15.4 Å². The summed E-state index contributed by atoms with van der Waals surface area (Å²) < 4.78 is 0. The number of halogens is 1. The second-order valence-electron chi connectivity index (χ2n) is 3.72. The van der Waals surface area contributed by atoms with Gasteiger partial charge in [-0.3, -0.25) is 0 Å². The Kier molecular flexibility index (Phi) is 4.06. The van der Waals surface area contributed by atoms with Crippen LogP contribution in [-0.4, -0.2) is 26.8 Å². The summed E-state index contributed by atoms with van der Waals surface area (Å²) in [5.74, 6) is 0.744. The number of hydrogen-bond donors (Lipinski definition) is 1. The Morgan fingerprint density at radius 1 is 1.18 bits per heavy atom. The predicted molar refractivity (Wildman–Crippen MR) is 65.7 cm³/mol. The largest absolute Gasteiger partial charge is 0.329 e. The fraction of sp³-hybridized carbons (Fsp3) is 0.364. The van der Waals surface area contributed by atoms with Crippen LogP contribution in [0.3, 0.4) is 0 Å². The second-order valence-corrected chi connectivity index (χ2v) is 4.15. The van der Waals surface area contributed by atoms with Crippen molar-refractivity contribution in [3.63, 3.8) is 0 Å². The SMILES string of the molecule is NCCn1nnc(CCc2ccc(Cl)cc2)n1. The van der Waals surface area contributed by atoms with Crippen LogP contribution in [0, 0.1) is 0 Å². The smallest absolute Gasteiger partial charge is 0.175 e. The molecular weight excluding hydrogens is 238 g/mol. The van der Waals surface area contributed by atoms with Crippen LogP contribution in [0.1, 0.15) is 11.4 Å². The lowest BCUT2D eigenvalue weighted by molar-refractivity contribution is 0.528. The first-order chi connectivity index (χ1) is 8.28. The van der Waals surface area contributed by atoms with E-state index in [1.807, 2.05) is 24.3 Å². The third-order valence-electron chi connectivity index (χ3n) is 2.37. The summed E-state index contributed by atoms with van der Waals surface area (Å²) in [6.45, 7) is 1.13. The maximum atomic E-state index is 5.82. The van der Waals surface area contributed by atoms with Gasteiger partial charge in [0.1, 0.15) is 0 Å². The molecular formula is C11H14ClN5. The second kappa shape index (κ2) is 5.75. The van der Waals surface area contributed by atoms with Gasteiger partial charge in [-0.2, -0.15) is 4.80 Å². The van der Waals surface area contributed by atoms with Crippen LogP contribution in [0.4, 0.5) is 0 Å². The number of nitrogens with zero attached hydrogens (tertiary/aromatic N) is 4. The molecule has 2 N–H and O–H groups in total. The lowest BCUT2D eigenvalue weighted by atomic mass is 10.1. The van der Waals surface area contributed by atoms with Crippen molar-refractivity contribution >= 4 is 11.6 Å². The quantitative estimate of drug-likeness (QED) is 0.863. The molecule has 0 aliphatic rings. The summed E-state index contributed by atoms with van der Waals surface area (Å²) in [5, 5.41) is 12.8. The molecule has 0 aliphatic heterocycles. The highest BCUT2D eigenvalue weighted by molar-refractivity contribution is 6.30. The Labute approximate surface area is 105 Å². The van der Waals surface area contributed by atoms with Crippen molar-refractivity contribution in [3.05, 3.63) is 40.7 Å². The summed E-state index contributed by atoms with van der Waals surface area (Å²) in [6, 6.07) is 7.78. The van der Waals surface area contributed by atoms with Crippen LogP contribution in [0.5, 0.6) is 0 Å². The zero-order valence-electron chi connectivity index (χ0n) is 9.38. The summed E-state index contributed by atoms with van der Waals surface area (Å²) in [4.78, 5) is 1.52. The molecule has 0 amide bonds. The molecule has 0 radical (unpaired) electrons. The highest BCUT2D eigenvalue weighted by Gasteiger charge is 2.02. The first-order valence-corrected chi connectivity index (χ1v) is 5.87. The van der Waals surface area contributed by atoms with Crippen LogP contribution in [0.25, 0.3) is 0 Å². The topological polar surface area (TPSA) is 69.6 Å². The van der Waals surface area contributed by atoms with Gasteiger partial charge in [0.25, 0.3) is 0 Å². The number of hydrogen-bond acceptors (Lipinski definition) is 4. The van der Waals surface area contributed by atoms with E-state index in [0.717, 1.165) is 23.7 Å². The van der Waals surface area contributed by atoms with Crippen LogP contribution >= 0.6 is 11.6 Å². The number of aryl methyl sites for hydroxylation is 2. The Bertz CT molecular complexity index is 465. The van der Waals surface area contributed by atoms with E-state index in [9.17, 15) is 0 Å². The fourth-order valence-electron chi connectivity index (χ4n) is 1.49. The Morgan fingerprint density at radius 2 is 1.94 bits per heavy atom. The van der Waals surface area contributed by atoms with Gasteiger partial charge >= 0.3 is 0 Å². The number of tetrazole rings is 1. The molecule has 0 fully saturated rings. The van der Waals surface area contributed by atoms with Crippen LogP contribution in [-0.2, 0) is 19.4 Å². The van der Waals surface area contributed by atoms with Crippen molar-refractivity contribution in [2.75, 3.05) is 6.54 Å². The normalized spacial score (nSPS) is 10.7. The molecule has 2 aromatic rings.